The van der Waals surface area contributed by atoms with Crippen LogP contribution in [0, 0.1) is 0 Å². The molecule has 0 aromatic carbocycles. The van der Waals surface area contributed by atoms with E-state index in [2.05, 4.69) is 29.8 Å². The third-order valence-corrected chi connectivity index (χ3v) is 2.72. The van der Waals surface area contributed by atoms with E-state index < -0.39 is 0 Å². The number of anilines is 2. The highest BCUT2D eigenvalue weighted by Gasteiger charge is 2.08. The molecular formula is C13H23N3. The van der Waals surface area contributed by atoms with Crippen molar-refractivity contribution in [1.82, 2.24) is 4.98 Å². The lowest BCUT2D eigenvalue weighted by Crippen LogP contribution is -2.26. The van der Waals surface area contributed by atoms with Crippen molar-refractivity contribution in [3.8, 4) is 0 Å². The third-order valence-electron chi connectivity index (χ3n) is 2.72. The van der Waals surface area contributed by atoms with E-state index in [0.717, 1.165) is 18.8 Å². The first-order chi connectivity index (χ1) is 7.79. The van der Waals surface area contributed by atoms with Crippen LogP contribution in [-0.2, 0) is 0 Å². The molecule has 0 unspecified atom stereocenters. The molecule has 0 bridgehead atoms. The molecule has 1 aromatic rings. The van der Waals surface area contributed by atoms with Crippen LogP contribution in [0.5, 0.6) is 0 Å². The van der Waals surface area contributed by atoms with Crippen molar-refractivity contribution in [2.45, 2.75) is 39.5 Å². The second-order valence-corrected chi connectivity index (χ2v) is 4.10. The Hall–Kier alpha value is -1.25. The highest BCUT2D eigenvalue weighted by Crippen LogP contribution is 2.21. The lowest BCUT2D eigenvalue weighted by Gasteiger charge is -2.25. The molecule has 3 heteroatoms. The lowest BCUT2D eigenvalue weighted by molar-refractivity contribution is 0.678. The van der Waals surface area contributed by atoms with E-state index >= 15 is 0 Å². The van der Waals surface area contributed by atoms with Gasteiger partial charge >= 0.3 is 0 Å². The third kappa shape index (κ3) is 3.72. The number of hydrogen-bond acceptors (Lipinski definition) is 3. The molecule has 0 amide bonds. The average Bonchev–Trinajstić information content (AvgIpc) is 2.31. The van der Waals surface area contributed by atoms with Gasteiger partial charge in [-0.25, -0.2) is 4.98 Å². The van der Waals surface area contributed by atoms with E-state index in [1.165, 1.54) is 25.7 Å². The van der Waals surface area contributed by atoms with Crippen molar-refractivity contribution < 1.29 is 0 Å². The molecule has 0 atom stereocenters. The molecule has 1 aromatic heterocycles. The summed E-state index contributed by atoms with van der Waals surface area (Å²) in [6, 6.07) is 4.02. The van der Waals surface area contributed by atoms with Crippen molar-refractivity contribution >= 4 is 11.5 Å². The summed E-state index contributed by atoms with van der Waals surface area (Å²) in [5.41, 5.74) is 7.00. The van der Waals surface area contributed by atoms with Crippen LogP contribution in [0.3, 0.4) is 0 Å². The van der Waals surface area contributed by atoms with Crippen LogP contribution in [0.2, 0.25) is 0 Å². The van der Waals surface area contributed by atoms with E-state index in [1.807, 2.05) is 6.07 Å². The molecule has 3 nitrogen and oxygen atoms in total. The number of nitrogen functional groups attached to an aromatic ring is 1. The maximum atomic E-state index is 5.91. The quantitative estimate of drug-likeness (QED) is 0.769. The first kappa shape index (κ1) is 12.8. The number of nitrogens with two attached hydrogens (primary N) is 1. The molecule has 16 heavy (non-hydrogen) atoms. The number of hydrogen-bond donors (Lipinski definition) is 1. The average molecular weight is 221 g/mol. The summed E-state index contributed by atoms with van der Waals surface area (Å²) < 4.78 is 0. The van der Waals surface area contributed by atoms with Crippen molar-refractivity contribution in [3.05, 3.63) is 18.3 Å². The van der Waals surface area contributed by atoms with Gasteiger partial charge in [0.25, 0.3) is 0 Å². The fourth-order valence-corrected chi connectivity index (χ4v) is 1.73. The van der Waals surface area contributed by atoms with Gasteiger partial charge in [0.05, 0.1) is 5.69 Å². The molecule has 0 saturated carbocycles. The minimum absolute atomic E-state index is 0.648. The van der Waals surface area contributed by atoms with E-state index in [0.29, 0.717) is 5.82 Å². The fourth-order valence-electron chi connectivity index (χ4n) is 1.73. The van der Waals surface area contributed by atoms with Gasteiger partial charge in [-0.3, -0.25) is 0 Å². The zero-order chi connectivity index (χ0) is 11.8. The van der Waals surface area contributed by atoms with E-state index in [4.69, 9.17) is 5.73 Å². The molecule has 0 spiro atoms. The minimum Gasteiger partial charge on any atom is -0.382 e. The van der Waals surface area contributed by atoms with Crippen LogP contribution in [0.15, 0.2) is 18.3 Å². The highest BCUT2D eigenvalue weighted by molar-refractivity contribution is 5.62. The largest absolute Gasteiger partial charge is 0.382 e. The standard InChI is InChI=1S/C13H23N3/c1-3-5-10-16(11-6-4-2)12-8-7-9-15-13(12)14/h7-9H,3-6,10-11H2,1-2H3,(H2,14,15). The zero-order valence-electron chi connectivity index (χ0n) is 10.4. The van der Waals surface area contributed by atoms with Gasteiger partial charge in [-0.15, -0.1) is 0 Å². The molecule has 1 heterocycles. The Kier molecular flexibility index (Phi) is 5.68. The molecule has 0 fully saturated rings. The molecule has 90 valence electrons. The van der Waals surface area contributed by atoms with Gasteiger partial charge in [0.15, 0.2) is 0 Å². The summed E-state index contributed by atoms with van der Waals surface area (Å²) >= 11 is 0. The Morgan fingerprint density at radius 2 is 1.81 bits per heavy atom. The lowest BCUT2D eigenvalue weighted by atomic mass is 10.2. The second kappa shape index (κ2) is 7.09. The summed E-state index contributed by atoms with van der Waals surface area (Å²) in [4.78, 5) is 6.51. The second-order valence-electron chi connectivity index (χ2n) is 4.10. The maximum Gasteiger partial charge on any atom is 0.146 e. The number of nitrogens with zero attached hydrogens (tertiary/aromatic N) is 2. The fraction of sp³-hybridized carbons (Fsp3) is 0.615. The van der Waals surface area contributed by atoms with E-state index in [-0.39, 0.29) is 0 Å². The highest BCUT2D eigenvalue weighted by atomic mass is 15.1. The van der Waals surface area contributed by atoms with Crippen LogP contribution >= 0.6 is 0 Å². The first-order valence-electron chi connectivity index (χ1n) is 6.25. The SMILES string of the molecule is CCCCN(CCCC)c1cccnc1N. The van der Waals surface area contributed by atoms with Crippen molar-refractivity contribution in [3.63, 3.8) is 0 Å². The van der Waals surface area contributed by atoms with Crippen molar-refractivity contribution in [2.24, 2.45) is 0 Å². The van der Waals surface area contributed by atoms with Gasteiger partial charge in [-0.1, -0.05) is 26.7 Å². The van der Waals surface area contributed by atoms with Crippen LogP contribution in [-0.4, -0.2) is 18.1 Å². The van der Waals surface area contributed by atoms with Gasteiger partial charge in [0.1, 0.15) is 5.82 Å². The van der Waals surface area contributed by atoms with Crippen LogP contribution in [0.4, 0.5) is 11.5 Å². The smallest absolute Gasteiger partial charge is 0.146 e. The van der Waals surface area contributed by atoms with Crippen LogP contribution < -0.4 is 10.6 Å². The summed E-state index contributed by atoms with van der Waals surface area (Å²) in [6.45, 7) is 6.58. The Morgan fingerprint density at radius 3 is 2.31 bits per heavy atom. The number of aromatic nitrogens is 1. The summed E-state index contributed by atoms with van der Waals surface area (Å²) in [5, 5.41) is 0. The van der Waals surface area contributed by atoms with Gasteiger partial charge < -0.3 is 10.6 Å². The predicted octanol–water partition coefficient (Wildman–Crippen LogP) is 3.07. The summed E-state index contributed by atoms with van der Waals surface area (Å²) in [6.07, 6.45) is 6.58. The van der Waals surface area contributed by atoms with Crippen LogP contribution in [0.25, 0.3) is 0 Å². The van der Waals surface area contributed by atoms with Gasteiger partial charge in [0.2, 0.25) is 0 Å². The summed E-state index contributed by atoms with van der Waals surface area (Å²) in [7, 11) is 0. The number of rotatable bonds is 7. The molecule has 0 saturated heterocycles. The van der Waals surface area contributed by atoms with E-state index in [9.17, 15) is 0 Å². The Labute approximate surface area is 98.7 Å². The Balaban J connectivity index is 2.70. The topological polar surface area (TPSA) is 42.2 Å². The molecule has 0 aliphatic rings. The Bertz CT molecular complexity index is 291. The van der Waals surface area contributed by atoms with Gasteiger partial charge in [-0.2, -0.15) is 0 Å². The van der Waals surface area contributed by atoms with Gasteiger partial charge in [-0.05, 0) is 25.0 Å². The van der Waals surface area contributed by atoms with Crippen LogP contribution in [0.1, 0.15) is 39.5 Å². The summed E-state index contributed by atoms with van der Waals surface area (Å²) in [5.74, 6) is 0.648. The maximum absolute atomic E-state index is 5.91. The minimum atomic E-state index is 0.648. The molecular weight excluding hydrogens is 198 g/mol. The van der Waals surface area contributed by atoms with Gasteiger partial charge in [0, 0.05) is 19.3 Å². The van der Waals surface area contributed by atoms with Crippen molar-refractivity contribution in [1.29, 1.82) is 0 Å². The van der Waals surface area contributed by atoms with Crippen molar-refractivity contribution in [2.75, 3.05) is 23.7 Å². The number of pyridine rings is 1. The van der Waals surface area contributed by atoms with E-state index in [1.54, 1.807) is 6.20 Å². The molecule has 1 rings (SSSR count). The Morgan fingerprint density at radius 1 is 1.19 bits per heavy atom. The number of unbranched alkanes of at least 4 members (excludes halogenated alkanes) is 2. The molecule has 0 aliphatic carbocycles. The molecule has 0 radical (unpaired) electrons. The zero-order valence-corrected chi connectivity index (χ0v) is 10.4. The molecule has 2 N–H and O–H groups in total. The molecule has 0 aliphatic heterocycles. The monoisotopic (exact) mass is 221 g/mol. The predicted molar refractivity (Wildman–Crippen MR) is 70.7 cm³/mol. The normalized spacial score (nSPS) is 10.4. The first-order valence-corrected chi connectivity index (χ1v) is 6.25.